The molecule has 1 saturated carbocycles. The number of rotatable bonds is 7. The van der Waals surface area contributed by atoms with Crippen LogP contribution in [0, 0.1) is 29.5 Å². The first-order valence-electron chi connectivity index (χ1n) is 14.4. The quantitative estimate of drug-likeness (QED) is 0.497. The molecule has 2 bridgehead atoms. The van der Waals surface area contributed by atoms with Crippen molar-refractivity contribution in [3.05, 3.63) is 72.1 Å². The fourth-order valence-electron chi connectivity index (χ4n) is 7.20. The standard InChI is InChI=1S/C32H36FN3O5/c1-18-7-6-10-24(19(18)2)35-30(38)28-32-16-15-25(41-32)26(29(37)34-21-11-13-22(40-3)14-12-21)27(32)31(39)36(28)17-20-8-4-5-9-23(20)33/h4-5,8-9,11-16,18-19,24-28H,6-7,10,17H2,1-3H3,(H,34,37)(H,35,38). The highest BCUT2D eigenvalue weighted by Crippen LogP contribution is 2.55. The molecule has 2 aromatic carbocycles. The van der Waals surface area contributed by atoms with E-state index in [1.807, 2.05) is 0 Å². The minimum atomic E-state index is -1.32. The van der Waals surface area contributed by atoms with E-state index in [0.717, 1.165) is 19.3 Å². The Hall–Kier alpha value is -3.72. The number of halogens is 1. The molecule has 8 unspecified atom stereocenters. The average molecular weight is 562 g/mol. The summed E-state index contributed by atoms with van der Waals surface area (Å²) in [5.74, 6) is -1.92. The van der Waals surface area contributed by atoms with Crippen molar-refractivity contribution in [2.45, 2.75) is 63.4 Å². The van der Waals surface area contributed by atoms with Crippen molar-refractivity contribution in [1.29, 1.82) is 0 Å². The van der Waals surface area contributed by atoms with Gasteiger partial charge in [0.05, 0.1) is 25.0 Å². The summed E-state index contributed by atoms with van der Waals surface area (Å²) in [7, 11) is 1.56. The molecule has 2 saturated heterocycles. The van der Waals surface area contributed by atoms with Crippen LogP contribution in [0.25, 0.3) is 0 Å². The molecule has 8 nitrogen and oxygen atoms in total. The van der Waals surface area contributed by atoms with Crippen LogP contribution in [0.3, 0.4) is 0 Å². The Kier molecular flexibility index (Phi) is 7.09. The van der Waals surface area contributed by atoms with Gasteiger partial charge >= 0.3 is 0 Å². The van der Waals surface area contributed by atoms with Gasteiger partial charge in [0.25, 0.3) is 0 Å². The van der Waals surface area contributed by atoms with Crippen LogP contribution >= 0.6 is 0 Å². The van der Waals surface area contributed by atoms with E-state index in [1.165, 1.54) is 11.0 Å². The second kappa shape index (κ2) is 10.6. The third kappa shape index (κ3) is 4.60. The lowest BCUT2D eigenvalue weighted by Crippen LogP contribution is -2.57. The summed E-state index contributed by atoms with van der Waals surface area (Å²) in [6.45, 7) is 4.23. The minimum absolute atomic E-state index is 0.0381. The number of hydrogen-bond donors (Lipinski definition) is 2. The first-order valence-corrected chi connectivity index (χ1v) is 14.4. The zero-order chi connectivity index (χ0) is 28.9. The van der Waals surface area contributed by atoms with Gasteiger partial charge in [-0.25, -0.2) is 4.39 Å². The number of benzene rings is 2. The van der Waals surface area contributed by atoms with E-state index in [2.05, 4.69) is 24.5 Å². The smallest absolute Gasteiger partial charge is 0.246 e. The second-order valence-electron chi connectivity index (χ2n) is 11.9. The zero-order valence-corrected chi connectivity index (χ0v) is 23.5. The predicted molar refractivity (Wildman–Crippen MR) is 150 cm³/mol. The van der Waals surface area contributed by atoms with Crippen LogP contribution in [-0.4, -0.2) is 53.5 Å². The van der Waals surface area contributed by atoms with Crippen LogP contribution in [0.4, 0.5) is 10.1 Å². The molecule has 3 aliphatic heterocycles. The zero-order valence-electron chi connectivity index (χ0n) is 23.5. The minimum Gasteiger partial charge on any atom is -0.497 e. The van der Waals surface area contributed by atoms with Crippen molar-refractivity contribution in [1.82, 2.24) is 10.2 Å². The maximum absolute atomic E-state index is 14.8. The Balaban J connectivity index is 1.32. The normalized spacial score (nSPS) is 33.5. The Morgan fingerprint density at radius 2 is 1.85 bits per heavy atom. The third-order valence-electron chi connectivity index (χ3n) is 9.62. The molecule has 41 heavy (non-hydrogen) atoms. The molecule has 216 valence electrons. The molecule has 9 heteroatoms. The molecule has 4 aliphatic rings. The maximum atomic E-state index is 14.8. The summed E-state index contributed by atoms with van der Waals surface area (Å²) < 4.78 is 26.4. The van der Waals surface area contributed by atoms with Crippen LogP contribution in [0.2, 0.25) is 0 Å². The highest BCUT2D eigenvalue weighted by molar-refractivity contribution is 6.02. The van der Waals surface area contributed by atoms with Gasteiger partial charge in [-0.2, -0.15) is 0 Å². The van der Waals surface area contributed by atoms with E-state index in [-0.39, 0.29) is 36.2 Å². The lowest BCUT2D eigenvalue weighted by Gasteiger charge is -2.38. The third-order valence-corrected chi connectivity index (χ3v) is 9.62. The molecular weight excluding hydrogens is 525 g/mol. The molecule has 0 aromatic heterocycles. The van der Waals surface area contributed by atoms with Crippen molar-refractivity contribution < 1.29 is 28.2 Å². The van der Waals surface area contributed by atoms with Crippen LogP contribution < -0.4 is 15.4 Å². The molecule has 3 amide bonds. The lowest BCUT2D eigenvalue weighted by atomic mass is 9.73. The van der Waals surface area contributed by atoms with Gasteiger partial charge in [-0.05, 0) is 48.6 Å². The lowest BCUT2D eigenvalue weighted by molar-refractivity contribution is -0.142. The van der Waals surface area contributed by atoms with Crippen molar-refractivity contribution in [2.75, 3.05) is 12.4 Å². The molecule has 2 N–H and O–H groups in total. The summed E-state index contributed by atoms with van der Waals surface area (Å²) in [5.41, 5.74) is -0.463. The van der Waals surface area contributed by atoms with E-state index in [0.29, 0.717) is 22.9 Å². The summed E-state index contributed by atoms with van der Waals surface area (Å²) in [6.07, 6.45) is 5.88. The number of carbonyl (C=O) groups is 3. The van der Waals surface area contributed by atoms with E-state index >= 15 is 0 Å². The van der Waals surface area contributed by atoms with Gasteiger partial charge in [0.1, 0.15) is 23.2 Å². The average Bonchev–Trinajstić information content (AvgIpc) is 3.60. The number of fused-ring (bicyclic) bond motifs is 1. The molecule has 3 heterocycles. The van der Waals surface area contributed by atoms with E-state index in [1.54, 1.807) is 61.7 Å². The highest BCUT2D eigenvalue weighted by atomic mass is 19.1. The topological polar surface area (TPSA) is 97.0 Å². The molecule has 1 aliphatic carbocycles. The fraction of sp³-hybridized carbons (Fsp3) is 0.469. The number of hydrogen-bond acceptors (Lipinski definition) is 5. The number of carbonyl (C=O) groups excluding carboxylic acids is 3. The van der Waals surface area contributed by atoms with Gasteiger partial charge in [-0.3, -0.25) is 14.4 Å². The molecule has 0 radical (unpaired) electrons. The van der Waals surface area contributed by atoms with Gasteiger partial charge in [-0.15, -0.1) is 0 Å². The van der Waals surface area contributed by atoms with Crippen LogP contribution in [0.1, 0.15) is 38.7 Å². The maximum Gasteiger partial charge on any atom is 0.246 e. The number of nitrogens with zero attached hydrogens (tertiary/aromatic N) is 1. The molecular formula is C32H36FN3O5. The Morgan fingerprint density at radius 3 is 2.59 bits per heavy atom. The molecule has 8 atom stereocenters. The van der Waals surface area contributed by atoms with Gasteiger partial charge in [0.2, 0.25) is 17.7 Å². The first-order chi connectivity index (χ1) is 19.7. The predicted octanol–water partition coefficient (Wildman–Crippen LogP) is 4.06. The fourth-order valence-corrected chi connectivity index (χ4v) is 7.20. The number of anilines is 1. The largest absolute Gasteiger partial charge is 0.497 e. The summed E-state index contributed by atoms with van der Waals surface area (Å²) >= 11 is 0. The van der Waals surface area contributed by atoms with Crippen LogP contribution in [-0.2, 0) is 25.7 Å². The summed E-state index contributed by atoms with van der Waals surface area (Å²) in [4.78, 5) is 43.4. The number of amides is 3. The number of nitrogens with one attached hydrogen (secondary N) is 2. The second-order valence-corrected chi connectivity index (χ2v) is 11.9. The van der Waals surface area contributed by atoms with Crippen molar-refractivity contribution >= 4 is 23.4 Å². The van der Waals surface area contributed by atoms with Gasteiger partial charge in [0.15, 0.2) is 0 Å². The van der Waals surface area contributed by atoms with Gasteiger partial charge in [-0.1, -0.05) is 57.0 Å². The van der Waals surface area contributed by atoms with Gasteiger partial charge < -0.3 is 25.0 Å². The highest BCUT2D eigenvalue weighted by Gasteiger charge is 2.72. The Labute approximate surface area is 239 Å². The number of likely N-dealkylation sites (tertiary alicyclic amines) is 1. The van der Waals surface area contributed by atoms with E-state index in [9.17, 15) is 18.8 Å². The first kappa shape index (κ1) is 27.4. The molecule has 1 spiro atoms. The van der Waals surface area contributed by atoms with E-state index in [4.69, 9.17) is 9.47 Å². The summed E-state index contributed by atoms with van der Waals surface area (Å²) in [5, 5.41) is 6.13. The SMILES string of the molecule is COc1ccc(NC(=O)C2C3C=CC4(O3)C2C(=O)N(Cc2ccccc2F)C4C(=O)NC2CCCC(C)C2C)cc1. The number of ether oxygens (including phenoxy) is 2. The van der Waals surface area contributed by atoms with E-state index < -0.39 is 35.4 Å². The van der Waals surface area contributed by atoms with Crippen molar-refractivity contribution in [3.8, 4) is 5.75 Å². The Bertz CT molecular complexity index is 1380. The molecule has 6 rings (SSSR count). The Morgan fingerprint density at radius 1 is 1.10 bits per heavy atom. The molecule has 2 aromatic rings. The van der Waals surface area contributed by atoms with Crippen LogP contribution in [0.5, 0.6) is 5.75 Å². The van der Waals surface area contributed by atoms with Crippen LogP contribution in [0.15, 0.2) is 60.7 Å². The summed E-state index contributed by atoms with van der Waals surface area (Å²) in [6, 6.07) is 12.1. The van der Waals surface area contributed by atoms with Crippen molar-refractivity contribution in [3.63, 3.8) is 0 Å². The van der Waals surface area contributed by atoms with Gasteiger partial charge in [0, 0.05) is 23.8 Å². The number of methoxy groups -OCH3 is 1. The molecule has 3 fully saturated rings. The monoisotopic (exact) mass is 561 g/mol. The van der Waals surface area contributed by atoms with Crippen molar-refractivity contribution in [2.24, 2.45) is 23.7 Å².